The van der Waals surface area contributed by atoms with Crippen LogP contribution in [0.2, 0.25) is 0 Å². The molecule has 0 aromatic rings. The third-order valence-electron chi connectivity index (χ3n) is 5.89. The van der Waals surface area contributed by atoms with Crippen molar-refractivity contribution in [3.63, 3.8) is 0 Å². The summed E-state index contributed by atoms with van der Waals surface area (Å²) in [4.78, 5) is 27.6. The number of nitrogens with one attached hydrogen (secondary N) is 2. The topological polar surface area (TPSA) is 70.7 Å². The molecular weight excluding hydrogens is 318 g/mol. The van der Waals surface area contributed by atoms with Gasteiger partial charge in [-0.25, -0.2) is 4.79 Å². The highest BCUT2D eigenvalue weighted by Crippen LogP contribution is 2.29. The average Bonchev–Trinajstić information content (AvgIpc) is 2.67. The molecule has 2 aliphatic carbocycles. The Morgan fingerprint density at radius 3 is 2.60 bits per heavy atom. The second-order valence-electron chi connectivity index (χ2n) is 7.69. The standard InChI is InChI=1S/C19H33N3O3/c23-18-16-9-4-5-10-17(16)22(12-6-13-25-14-11-20-18)19(24)21-15-7-2-1-3-8-15/h15-17H,1-14H2,(H,20,23)(H,21,24)/t16-,17+/m1/s1. The van der Waals surface area contributed by atoms with Crippen molar-refractivity contribution < 1.29 is 14.3 Å². The zero-order valence-electron chi connectivity index (χ0n) is 15.3. The largest absolute Gasteiger partial charge is 0.380 e. The van der Waals surface area contributed by atoms with Crippen LogP contribution < -0.4 is 10.6 Å². The number of hydrogen-bond acceptors (Lipinski definition) is 3. The average molecular weight is 351 g/mol. The van der Waals surface area contributed by atoms with Gasteiger partial charge in [-0.3, -0.25) is 4.79 Å². The number of fused-ring (bicyclic) bond motifs is 1. The van der Waals surface area contributed by atoms with Gasteiger partial charge in [0.1, 0.15) is 0 Å². The van der Waals surface area contributed by atoms with Crippen LogP contribution in [0.25, 0.3) is 0 Å². The van der Waals surface area contributed by atoms with Gasteiger partial charge in [0.2, 0.25) is 5.91 Å². The molecule has 0 bridgehead atoms. The minimum absolute atomic E-state index is 0.0236. The number of hydrogen-bond donors (Lipinski definition) is 2. The third kappa shape index (κ3) is 5.09. The highest BCUT2D eigenvalue weighted by Gasteiger charge is 2.37. The predicted octanol–water partition coefficient (Wildman–Crippen LogP) is 2.43. The molecule has 2 N–H and O–H groups in total. The van der Waals surface area contributed by atoms with Crippen LogP contribution in [0.3, 0.4) is 0 Å². The van der Waals surface area contributed by atoms with E-state index >= 15 is 0 Å². The van der Waals surface area contributed by atoms with Gasteiger partial charge >= 0.3 is 6.03 Å². The van der Waals surface area contributed by atoms with Gasteiger partial charge in [0.05, 0.1) is 12.5 Å². The minimum atomic E-state index is -0.0797. The SMILES string of the molecule is O=C1NCCOCCCN(C(=O)NC2CCCCC2)[C@H]2CCCC[C@@H]12. The zero-order chi connectivity index (χ0) is 17.5. The van der Waals surface area contributed by atoms with E-state index in [0.717, 1.165) is 44.9 Å². The second-order valence-corrected chi connectivity index (χ2v) is 7.69. The molecule has 1 aliphatic heterocycles. The van der Waals surface area contributed by atoms with Gasteiger partial charge in [0.15, 0.2) is 0 Å². The molecule has 6 heteroatoms. The Balaban J connectivity index is 1.71. The lowest BCUT2D eigenvalue weighted by molar-refractivity contribution is -0.128. The van der Waals surface area contributed by atoms with Crippen molar-refractivity contribution in [2.45, 2.75) is 76.3 Å². The van der Waals surface area contributed by atoms with Crippen LogP contribution in [0.1, 0.15) is 64.2 Å². The summed E-state index contributed by atoms with van der Waals surface area (Å²) in [7, 11) is 0. The number of carbonyl (C=O) groups excluding carboxylic acids is 2. The molecule has 2 saturated carbocycles. The Kier molecular flexibility index (Phi) is 6.96. The van der Waals surface area contributed by atoms with Crippen molar-refractivity contribution >= 4 is 11.9 Å². The summed E-state index contributed by atoms with van der Waals surface area (Å²) in [5, 5.41) is 6.25. The molecule has 3 rings (SSSR count). The van der Waals surface area contributed by atoms with Crippen molar-refractivity contribution in [1.29, 1.82) is 0 Å². The fourth-order valence-electron chi connectivity index (χ4n) is 4.53. The quantitative estimate of drug-likeness (QED) is 0.762. The summed E-state index contributed by atoms with van der Waals surface area (Å²) in [6, 6.07) is 0.345. The van der Waals surface area contributed by atoms with E-state index in [1.54, 1.807) is 0 Å². The Morgan fingerprint density at radius 1 is 1.00 bits per heavy atom. The van der Waals surface area contributed by atoms with Crippen LogP contribution in [-0.4, -0.2) is 55.2 Å². The van der Waals surface area contributed by atoms with E-state index in [2.05, 4.69) is 10.6 Å². The summed E-state index contributed by atoms with van der Waals surface area (Å²) in [5.41, 5.74) is 0. The molecule has 3 fully saturated rings. The van der Waals surface area contributed by atoms with E-state index in [1.807, 2.05) is 4.90 Å². The van der Waals surface area contributed by atoms with Crippen molar-refractivity contribution in [3.8, 4) is 0 Å². The first kappa shape index (κ1) is 18.5. The van der Waals surface area contributed by atoms with Crippen LogP contribution in [0.15, 0.2) is 0 Å². The van der Waals surface area contributed by atoms with Gasteiger partial charge < -0.3 is 20.3 Å². The molecule has 0 spiro atoms. The number of ether oxygens (including phenoxy) is 1. The third-order valence-corrected chi connectivity index (χ3v) is 5.89. The van der Waals surface area contributed by atoms with Crippen LogP contribution in [-0.2, 0) is 9.53 Å². The molecule has 3 aliphatic rings. The van der Waals surface area contributed by atoms with Crippen LogP contribution >= 0.6 is 0 Å². The second kappa shape index (κ2) is 9.41. The van der Waals surface area contributed by atoms with E-state index in [0.29, 0.717) is 32.3 Å². The fraction of sp³-hybridized carbons (Fsp3) is 0.895. The first-order chi connectivity index (χ1) is 12.3. The molecule has 1 saturated heterocycles. The van der Waals surface area contributed by atoms with Gasteiger partial charge in [0, 0.05) is 31.8 Å². The summed E-state index contributed by atoms with van der Waals surface area (Å²) < 4.78 is 5.57. The van der Waals surface area contributed by atoms with Crippen molar-refractivity contribution in [2.24, 2.45) is 5.92 Å². The molecule has 25 heavy (non-hydrogen) atoms. The Bertz CT molecular complexity index is 451. The van der Waals surface area contributed by atoms with Crippen molar-refractivity contribution in [3.05, 3.63) is 0 Å². The molecule has 142 valence electrons. The molecule has 2 atom stereocenters. The highest BCUT2D eigenvalue weighted by molar-refractivity contribution is 5.81. The highest BCUT2D eigenvalue weighted by atomic mass is 16.5. The Labute approximate surface area is 151 Å². The van der Waals surface area contributed by atoms with E-state index in [9.17, 15) is 9.59 Å². The van der Waals surface area contributed by atoms with Crippen LogP contribution in [0.4, 0.5) is 4.79 Å². The number of nitrogens with zero attached hydrogens (tertiary/aromatic N) is 1. The van der Waals surface area contributed by atoms with Crippen molar-refractivity contribution in [2.75, 3.05) is 26.3 Å². The maximum atomic E-state index is 13.0. The van der Waals surface area contributed by atoms with Crippen LogP contribution in [0.5, 0.6) is 0 Å². The molecule has 0 aromatic heterocycles. The lowest BCUT2D eigenvalue weighted by atomic mass is 9.82. The summed E-state index contributed by atoms with van der Waals surface area (Å²) in [6.07, 6.45) is 10.6. The maximum absolute atomic E-state index is 13.0. The summed E-state index contributed by atoms with van der Waals surface area (Å²) in [5.74, 6) is 0.00891. The summed E-state index contributed by atoms with van der Waals surface area (Å²) >= 11 is 0. The van der Waals surface area contributed by atoms with E-state index < -0.39 is 0 Å². The first-order valence-corrected chi connectivity index (χ1v) is 10.2. The monoisotopic (exact) mass is 351 g/mol. The number of urea groups is 1. The molecular formula is C19H33N3O3. The zero-order valence-corrected chi connectivity index (χ0v) is 15.3. The number of carbonyl (C=O) groups is 2. The fourth-order valence-corrected chi connectivity index (χ4v) is 4.53. The Morgan fingerprint density at radius 2 is 1.76 bits per heavy atom. The molecule has 0 aromatic carbocycles. The lowest BCUT2D eigenvalue weighted by Crippen LogP contribution is -2.55. The van der Waals surface area contributed by atoms with Gasteiger partial charge in [-0.2, -0.15) is 0 Å². The predicted molar refractivity (Wildman–Crippen MR) is 96.3 cm³/mol. The summed E-state index contributed by atoms with van der Waals surface area (Å²) in [6.45, 7) is 2.43. The number of amides is 3. The Hall–Kier alpha value is -1.30. The smallest absolute Gasteiger partial charge is 0.317 e. The molecule has 0 unspecified atom stereocenters. The lowest BCUT2D eigenvalue weighted by Gasteiger charge is -2.40. The van der Waals surface area contributed by atoms with E-state index in [1.165, 1.54) is 19.3 Å². The minimum Gasteiger partial charge on any atom is -0.380 e. The molecule has 6 nitrogen and oxygen atoms in total. The van der Waals surface area contributed by atoms with E-state index in [-0.39, 0.29) is 23.9 Å². The van der Waals surface area contributed by atoms with Gasteiger partial charge in [0.25, 0.3) is 0 Å². The van der Waals surface area contributed by atoms with E-state index in [4.69, 9.17) is 4.74 Å². The first-order valence-electron chi connectivity index (χ1n) is 10.2. The number of rotatable bonds is 1. The van der Waals surface area contributed by atoms with Crippen LogP contribution in [0, 0.1) is 5.92 Å². The normalized spacial score (nSPS) is 29.9. The molecule has 0 radical (unpaired) electrons. The molecule has 1 heterocycles. The van der Waals surface area contributed by atoms with Gasteiger partial charge in [-0.15, -0.1) is 0 Å². The van der Waals surface area contributed by atoms with Gasteiger partial charge in [-0.1, -0.05) is 32.1 Å². The van der Waals surface area contributed by atoms with Crippen molar-refractivity contribution in [1.82, 2.24) is 15.5 Å². The maximum Gasteiger partial charge on any atom is 0.317 e. The molecule has 3 amide bonds. The van der Waals surface area contributed by atoms with Gasteiger partial charge in [-0.05, 0) is 32.1 Å².